The lowest BCUT2D eigenvalue weighted by Crippen LogP contribution is -2.48. The molecular weight excluding hydrogens is 228 g/mol. The lowest BCUT2D eigenvalue weighted by atomic mass is 10.1. The average Bonchev–Trinajstić information content (AvgIpc) is 2.35. The molecule has 0 radical (unpaired) electrons. The van der Waals surface area contributed by atoms with Crippen molar-refractivity contribution in [2.45, 2.75) is 25.0 Å². The van der Waals surface area contributed by atoms with Crippen molar-refractivity contribution in [3.8, 4) is 0 Å². The molecule has 0 spiro atoms. The summed E-state index contributed by atoms with van der Waals surface area (Å²) in [4.78, 5) is 23.5. The number of hydrogen-bond donors (Lipinski definition) is 3. The highest BCUT2D eigenvalue weighted by molar-refractivity contribution is 5.76. The fourth-order valence-corrected chi connectivity index (χ4v) is 1.68. The lowest BCUT2D eigenvalue weighted by molar-refractivity contribution is -0.146. The summed E-state index contributed by atoms with van der Waals surface area (Å²) in [5.74, 6) is -1.34. The number of urea groups is 1. The normalized spacial score (nSPS) is 18.8. The first-order valence-electron chi connectivity index (χ1n) is 5.51. The molecule has 1 fully saturated rings. The Hall–Kier alpha value is -1.34. The van der Waals surface area contributed by atoms with E-state index in [1.165, 1.54) is 0 Å². The van der Waals surface area contributed by atoms with E-state index in [1.54, 1.807) is 12.0 Å². The molecule has 7 nitrogen and oxygen atoms in total. The van der Waals surface area contributed by atoms with Crippen LogP contribution in [0.3, 0.4) is 0 Å². The lowest BCUT2D eigenvalue weighted by Gasteiger charge is -2.31. The smallest absolute Gasteiger partial charge is 0.334 e. The molecule has 7 heteroatoms. The number of nitrogens with zero attached hydrogens (tertiary/aromatic N) is 1. The van der Waals surface area contributed by atoms with Crippen LogP contribution in [0.5, 0.6) is 0 Å². The Morgan fingerprint density at radius 2 is 2.06 bits per heavy atom. The van der Waals surface area contributed by atoms with Crippen molar-refractivity contribution in [2.75, 3.05) is 26.7 Å². The monoisotopic (exact) mass is 246 g/mol. The van der Waals surface area contributed by atoms with Gasteiger partial charge in [-0.25, -0.2) is 9.59 Å². The van der Waals surface area contributed by atoms with E-state index < -0.39 is 12.1 Å². The zero-order chi connectivity index (χ0) is 12.8. The van der Waals surface area contributed by atoms with Gasteiger partial charge in [-0.1, -0.05) is 0 Å². The number of hydrogen-bond acceptors (Lipinski definition) is 4. The Bertz CT molecular complexity index is 276. The predicted octanol–water partition coefficient (Wildman–Crippen LogP) is -0.748. The number of ether oxygens (including phenoxy) is 1. The molecule has 2 amide bonds. The summed E-state index contributed by atoms with van der Waals surface area (Å²) in [5.41, 5.74) is 0. The zero-order valence-corrected chi connectivity index (χ0v) is 9.76. The maximum Gasteiger partial charge on any atom is 0.334 e. The highest BCUT2D eigenvalue weighted by Crippen LogP contribution is 2.12. The molecule has 0 bridgehead atoms. The number of carboxylic acid groups (broad SMARTS) is 1. The van der Waals surface area contributed by atoms with Crippen molar-refractivity contribution in [1.29, 1.82) is 0 Å². The van der Waals surface area contributed by atoms with Crippen LogP contribution in [0.25, 0.3) is 0 Å². The number of aliphatic carboxylic acids is 1. The Morgan fingerprint density at radius 3 is 2.53 bits per heavy atom. The summed E-state index contributed by atoms with van der Waals surface area (Å²) >= 11 is 0. The minimum Gasteiger partial charge on any atom is -0.479 e. The fraction of sp³-hybridized carbons (Fsp3) is 0.800. The van der Waals surface area contributed by atoms with Crippen LogP contribution < -0.4 is 5.32 Å². The van der Waals surface area contributed by atoms with Crippen LogP contribution in [0.15, 0.2) is 0 Å². The molecule has 1 heterocycles. The summed E-state index contributed by atoms with van der Waals surface area (Å²) in [6.07, 6.45) is 0.163. The number of carboxylic acids is 1. The van der Waals surface area contributed by atoms with Crippen LogP contribution in [-0.2, 0) is 9.53 Å². The Morgan fingerprint density at radius 1 is 1.47 bits per heavy atom. The Balaban J connectivity index is 2.27. The topological polar surface area (TPSA) is 99.1 Å². The first kappa shape index (κ1) is 13.7. The van der Waals surface area contributed by atoms with Crippen LogP contribution in [0.1, 0.15) is 12.8 Å². The number of methoxy groups -OCH3 is 1. The Labute approximate surface area is 99.4 Å². The molecule has 0 aromatic carbocycles. The van der Waals surface area contributed by atoms with Crippen LogP contribution in [0.2, 0.25) is 0 Å². The van der Waals surface area contributed by atoms with E-state index >= 15 is 0 Å². The summed E-state index contributed by atoms with van der Waals surface area (Å²) in [6, 6.07) is -0.347. The molecule has 0 aliphatic carbocycles. The third-order valence-electron chi connectivity index (χ3n) is 2.79. The van der Waals surface area contributed by atoms with Crippen molar-refractivity contribution >= 4 is 12.0 Å². The molecule has 3 N–H and O–H groups in total. The average molecular weight is 246 g/mol. The van der Waals surface area contributed by atoms with Crippen LogP contribution in [0.4, 0.5) is 4.79 Å². The molecule has 1 rings (SSSR count). The maximum absolute atomic E-state index is 11.6. The minimum atomic E-state index is -1.56. The van der Waals surface area contributed by atoms with E-state index in [1.807, 2.05) is 0 Å². The van der Waals surface area contributed by atoms with Crippen molar-refractivity contribution in [3.05, 3.63) is 0 Å². The largest absolute Gasteiger partial charge is 0.479 e. The van der Waals surface area contributed by atoms with Crippen LogP contribution in [0, 0.1) is 0 Å². The molecular formula is C10H18N2O5. The molecule has 1 aliphatic heterocycles. The molecule has 0 aromatic heterocycles. The van der Waals surface area contributed by atoms with Crippen LogP contribution in [-0.4, -0.2) is 66.1 Å². The van der Waals surface area contributed by atoms with Gasteiger partial charge in [0.25, 0.3) is 0 Å². The van der Waals surface area contributed by atoms with Gasteiger partial charge in [-0.2, -0.15) is 0 Å². The second-order valence-electron chi connectivity index (χ2n) is 3.96. The molecule has 98 valence electrons. The number of piperidine rings is 1. The summed E-state index contributed by atoms with van der Waals surface area (Å²) in [7, 11) is 1.64. The van der Waals surface area contributed by atoms with Gasteiger partial charge < -0.3 is 25.2 Å². The SMILES string of the molecule is COC1CCN(C(=O)NCC(O)C(=O)O)CC1. The number of aliphatic hydroxyl groups is 1. The van der Waals surface area contributed by atoms with E-state index in [4.69, 9.17) is 14.9 Å². The van der Waals surface area contributed by atoms with Crippen molar-refractivity contribution in [2.24, 2.45) is 0 Å². The second kappa shape index (κ2) is 6.41. The number of nitrogens with one attached hydrogen (secondary N) is 1. The number of carbonyl (C=O) groups excluding carboxylic acids is 1. The second-order valence-corrected chi connectivity index (χ2v) is 3.96. The van der Waals surface area contributed by atoms with E-state index in [-0.39, 0.29) is 18.7 Å². The van der Waals surface area contributed by atoms with Gasteiger partial charge in [0.1, 0.15) is 0 Å². The number of rotatable bonds is 4. The summed E-state index contributed by atoms with van der Waals surface area (Å²) in [5, 5.41) is 19.8. The predicted molar refractivity (Wildman–Crippen MR) is 58.6 cm³/mol. The van der Waals surface area contributed by atoms with Gasteiger partial charge in [0.15, 0.2) is 6.10 Å². The van der Waals surface area contributed by atoms with Gasteiger partial charge in [0.05, 0.1) is 12.6 Å². The quantitative estimate of drug-likeness (QED) is 0.606. The number of likely N-dealkylation sites (tertiary alicyclic amines) is 1. The van der Waals surface area contributed by atoms with Crippen molar-refractivity contribution < 1.29 is 24.5 Å². The van der Waals surface area contributed by atoms with Gasteiger partial charge in [-0.15, -0.1) is 0 Å². The summed E-state index contributed by atoms with van der Waals surface area (Å²) in [6.45, 7) is 0.874. The first-order chi connectivity index (χ1) is 8.04. The van der Waals surface area contributed by atoms with E-state index in [0.29, 0.717) is 13.1 Å². The van der Waals surface area contributed by atoms with Gasteiger partial charge >= 0.3 is 12.0 Å². The fourth-order valence-electron chi connectivity index (χ4n) is 1.68. The van der Waals surface area contributed by atoms with E-state index in [0.717, 1.165) is 12.8 Å². The van der Waals surface area contributed by atoms with Gasteiger partial charge in [-0.05, 0) is 12.8 Å². The molecule has 1 unspecified atom stereocenters. The molecule has 1 saturated heterocycles. The first-order valence-corrected chi connectivity index (χ1v) is 5.51. The molecule has 0 saturated carbocycles. The highest BCUT2D eigenvalue weighted by Gasteiger charge is 2.23. The molecule has 1 atom stereocenters. The van der Waals surface area contributed by atoms with Gasteiger partial charge in [0, 0.05) is 20.2 Å². The third-order valence-corrected chi connectivity index (χ3v) is 2.79. The van der Waals surface area contributed by atoms with Crippen LogP contribution >= 0.6 is 0 Å². The number of amides is 2. The third kappa shape index (κ3) is 4.20. The standard InChI is InChI=1S/C10H18N2O5/c1-17-7-2-4-12(5-3-7)10(16)11-6-8(13)9(14)15/h7-8,13H,2-6H2,1H3,(H,11,16)(H,14,15). The number of aliphatic hydroxyl groups excluding tert-OH is 1. The molecule has 1 aliphatic rings. The molecule has 17 heavy (non-hydrogen) atoms. The number of carbonyl (C=O) groups is 2. The van der Waals surface area contributed by atoms with Gasteiger partial charge in [0.2, 0.25) is 0 Å². The van der Waals surface area contributed by atoms with Crippen molar-refractivity contribution in [3.63, 3.8) is 0 Å². The Kier molecular flexibility index (Phi) is 5.17. The molecule has 0 aromatic rings. The highest BCUT2D eigenvalue weighted by atomic mass is 16.5. The summed E-state index contributed by atoms with van der Waals surface area (Å²) < 4.78 is 5.17. The maximum atomic E-state index is 11.6. The van der Waals surface area contributed by atoms with E-state index in [2.05, 4.69) is 5.32 Å². The van der Waals surface area contributed by atoms with Gasteiger partial charge in [-0.3, -0.25) is 0 Å². The van der Waals surface area contributed by atoms with Crippen molar-refractivity contribution in [1.82, 2.24) is 10.2 Å². The minimum absolute atomic E-state index is 0.184. The zero-order valence-electron chi connectivity index (χ0n) is 9.76. The van der Waals surface area contributed by atoms with E-state index in [9.17, 15) is 9.59 Å².